The number of benzene rings is 2. The molecule has 2 aromatic carbocycles. The first-order chi connectivity index (χ1) is 15.9. The zero-order valence-electron chi connectivity index (χ0n) is 18.5. The van der Waals surface area contributed by atoms with Gasteiger partial charge >= 0.3 is 0 Å². The van der Waals surface area contributed by atoms with Crippen molar-refractivity contribution in [3.8, 4) is 0 Å². The Bertz CT molecular complexity index is 1280. The van der Waals surface area contributed by atoms with E-state index in [0.717, 1.165) is 42.2 Å². The van der Waals surface area contributed by atoms with Crippen molar-refractivity contribution in [1.29, 1.82) is 0 Å². The number of fused-ring (bicyclic) bond motifs is 1. The van der Waals surface area contributed by atoms with Crippen molar-refractivity contribution in [2.24, 2.45) is 0 Å². The highest BCUT2D eigenvalue weighted by molar-refractivity contribution is 7.99. The van der Waals surface area contributed by atoms with Gasteiger partial charge in [0.2, 0.25) is 10.0 Å². The van der Waals surface area contributed by atoms with E-state index < -0.39 is 10.0 Å². The SMILES string of the molecule is CS(=O)(=O)N1CCCc2cc(C(=O)CSc3nnc(C4CC4)n3Cc3ccccc3)ccc21. The number of thioether (sulfide) groups is 1. The van der Waals surface area contributed by atoms with E-state index in [4.69, 9.17) is 0 Å². The predicted octanol–water partition coefficient (Wildman–Crippen LogP) is 3.89. The molecule has 1 saturated carbocycles. The molecule has 1 fully saturated rings. The maximum Gasteiger partial charge on any atom is 0.232 e. The number of nitrogens with zero attached hydrogens (tertiary/aromatic N) is 4. The minimum Gasteiger partial charge on any atom is -0.301 e. The van der Waals surface area contributed by atoms with Crippen molar-refractivity contribution in [1.82, 2.24) is 14.8 Å². The summed E-state index contributed by atoms with van der Waals surface area (Å²) in [7, 11) is -3.32. The number of hydrogen-bond acceptors (Lipinski definition) is 6. The summed E-state index contributed by atoms with van der Waals surface area (Å²) < 4.78 is 27.7. The summed E-state index contributed by atoms with van der Waals surface area (Å²) in [5.74, 6) is 1.72. The molecule has 0 atom stereocenters. The van der Waals surface area contributed by atoms with Crippen LogP contribution in [-0.4, -0.2) is 47.5 Å². The van der Waals surface area contributed by atoms with E-state index in [1.807, 2.05) is 24.3 Å². The zero-order chi connectivity index (χ0) is 23.0. The van der Waals surface area contributed by atoms with E-state index >= 15 is 0 Å². The molecular formula is C24H26N4O3S2. The Morgan fingerprint density at radius 2 is 1.91 bits per heavy atom. The van der Waals surface area contributed by atoms with Gasteiger partial charge in [-0.2, -0.15) is 0 Å². The number of aryl methyl sites for hydroxylation is 1. The molecule has 172 valence electrons. The second-order valence-corrected chi connectivity index (χ2v) is 11.5. The van der Waals surface area contributed by atoms with Crippen molar-refractivity contribution in [3.05, 3.63) is 71.0 Å². The molecule has 0 unspecified atom stereocenters. The van der Waals surface area contributed by atoms with Crippen LogP contribution in [0.1, 0.15) is 52.5 Å². The first-order valence-corrected chi connectivity index (χ1v) is 14.0. The van der Waals surface area contributed by atoms with Gasteiger partial charge in [-0.15, -0.1) is 10.2 Å². The van der Waals surface area contributed by atoms with Gasteiger partial charge in [-0.3, -0.25) is 9.10 Å². The third kappa shape index (κ3) is 4.84. The van der Waals surface area contributed by atoms with Crippen LogP contribution in [-0.2, 0) is 23.0 Å². The number of ketones is 1. The lowest BCUT2D eigenvalue weighted by molar-refractivity contribution is 0.102. The molecule has 0 bridgehead atoms. The lowest BCUT2D eigenvalue weighted by atomic mass is 9.99. The van der Waals surface area contributed by atoms with Crippen molar-refractivity contribution in [2.75, 3.05) is 22.9 Å². The van der Waals surface area contributed by atoms with Gasteiger partial charge in [0.05, 0.1) is 24.2 Å². The van der Waals surface area contributed by atoms with E-state index in [-0.39, 0.29) is 11.5 Å². The van der Waals surface area contributed by atoms with Crippen molar-refractivity contribution in [3.63, 3.8) is 0 Å². The molecule has 0 spiro atoms. The first-order valence-electron chi connectivity index (χ1n) is 11.1. The van der Waals surface area contributed by atoms with Crippen LogP contribution in [0.3, 0.4) is 0 Å². The van der Waals surface area contributed by atoms with Gasteiger partial charge in [-0.05, 0) is 55.0 Å². The smallest absolute Gasteiger partial charge is 0.232 e. The zero-order valence-corrected chi connectivity index (χ0v) is 20.1. The van der Waals surface area contributed by atoms with Crippen LogP contribution in [0.2, 0.25) is 0 Å². The second kappa shape index (κ2) is 8.95. The largest absolute Gasteiger partial charge is 0.301 e. The van der Waals surface area contributed by atoms with E-state index in [1.54, 1.807) is 12.1 Å². The number of Topliss-reactive ketones (excluding diaryl/α,β-unsaturated/α-hetero) is 1. The summed E-state index contributed by atoms with van der Waals surface area (Å²) in [6.07, 6.45) is 5.01. The van der Waals surface area contributed by atoms with Crippen LogP contribution in [0.15, 0.2) is 53.7 Å². The van der Waals surface area contributed by atoms with Crippen LogP contribution in [0.5, 0.6) is 0 Å². The lowest BCUT2D eigenvalue weighted by Gasteiger charge is -2.29. The number of anilines is 1. The van der Waals surface area contributed by atoms with Crippen molar-refractivity contribution < 1.29 is 13.2 Å². The molecule has 0 amide bonds. The summed E-state index contributed by atoms with van der Waals surface area (Å²) in [5, 5.41) is 9.59. The van der Waals surface area contributed by atoms with Crippen LogP contribution in [0, 0.1) is 0 Å². The van der Waals surface area contributed by atoms with Gasteiger partial charge in [0.1, 0.15) is 5.82 Å². The van der Waals surface area contributed by atoms with Gasteiger partial charge in [0.25, 0.3) is 0 Å². The van der Waals surface area contributed by atoms with Crippen LogP contribution < -0.4 is 4.31 Å². The maximum absolute atomic E-state index is 13.0. The summed E-state index contributed by atoms with van der Waals surface area (Å²) >= 11 is 1.41. The van der Waals surface area contributed by atoms with Gasteiger partial charge in [-0.25, -0.2) is 8.42 Å². The van der Waals surface area contributed by atoms with E-state index in [1.165, 1.54) is 27.9 Å². The highest BCUT2D eigenvalue weighted by Crippen LogP contribution is 2.40. The molecule has 0 saturated heterocycles. The number of carbonyl (C=O) groups is 1. The summed E-state index contributed by atoms with van der Waals surface area (Å²) in [6, 6.07) is 15.6. The maximum atomic E-state index is 13.0. The van der Waals surface area contributed by atoms with Gasteiger partial charge in [0.15, 0.2) is 10.9 Å². The standard InChI is InChI=1S/C24H26N4O3S2/c1-33(30,31)28-13-5-8-19-14-20(11-12-21(19)28)22(29)16-32-24-26-25-23(18-9-10-18)27(24)15-17-6-3-2-4-7-17/h2-4,6-7,11-12,14,18H,5,8-10,13,15-16H2,1H3. The van der Waals surface area contributed by atoms with Crippen LogP contribution in [0.4, 0.5) is 5.69 Å². The number of hydrogen-bond donors (Lipinski definition) is 0. The highest BCUT2D eigenvalue weighted by Gasteiger charge is 2.31. The van der Waals surface area contributed by atoms with Crippen LogP contribution in [0.25, 0.3) is 0 Å². The number of rotatable bonds is 8. The second-order valence-electron chi connectivity index (χ2n) is 8.68. The predicted molar refractivity (Wildman–Crippen MR) is 130 cm³/mol. The monoisotopic (exact) mass is 482 g/mol. The summed E-state index contributed by atoms with van der Waals surface area (Å²) in [4.78, 5) is 13.0. The number of sulfonamides is 1. The molecule has 3 aromatic rings. The Balaban J connectivity index is 1.33. The van der Waals surface area contributed by atoms with Gasteiger partial charge in [0, 0.05) is 18.0 Å². The molecule has 0 N–H and O–H groups in total. The van der Waals surface area contributed by atoms with E-state index in [9.17, 15) is 13.2 Å². The van der Waals surface area contributed by atoms with Crippen molar-refractivity contribution in [2.45, 2.75) is 43.3 Å². The molecule has 2 heterocycles. The fourth-order valence-corrected chi connectivity index (χ4v) is 6.09. The van der Waals surface area contributed by atoms with Crippen molar-refractivity contribution >= 4 is 33.3 Å². The molecule has 1 aliphatic carbocycles. The minimum atomic E-state index is -3.32. The summed E-state index contributed by atoms with van der Waals surface area (Å²) in [5.41, 5.74) is 3.38. The molecule has 2 aliphatic rings. The third-order valence-corrected chi connectivity index (χ3v) is 8.23. The molecule has 33 heavy (non-hydrogen) atoms. The van der Waals surface area contributed by atoms with Gasteiger partial charge in [-0.1, -0.05) is 42.1 Å². The molecule has 0 radical (unpaired) electrons. The quantitative estimate of drug-likeness (QED) is 0.358. The topological polar surface area (TPSA) is 85.2 Å². The molecule has 7 nitrogen and oxygen atoms in total. The lowest BCUT2D eigenvalue weighted by Crippen LogP contribution is -2.34. The Morgan fingerprint density at radius 3 is 2.64 bits per heavy atom. The number of carbonyl (C=O) groups excluding carboxylic acids is 1. The van der Waals surface area contributed by atoms with Crippen LogP contribution >= 0.6 is 11.8 Å². The highest BCUT2D eigenvalue weighted by atomic mass is 32.2. The number of aromatic nitrogens is 3. The average molecular weight is 483 g/mol. The Kier molecular flexibility index (Phi) is 6.01. The van der Waals surface area contributed by atoms with Gasteiger partial charge < -0.3 is 4.57 Å². The Labute approximate surface area is 198 Å². The fourth-order valence-electron chi connectivity index (χ4n) is 4.26. The normalized spacial score (nSPS) is 16.0. The first kappa shape index (κ1) is 22.2. The summed E-state index contributed by atoms with van der Waals surface area (Å²) in [6.45, 7) is 1.17. The molecule has 5 rings (SSSR count). The molecule has 1 aliphatic heterocycles. The average Bonchev–Trinajstić information content (AvgIpc) is 3.58. The Hall–Kier alpha value is -2.65. The van der Waals surface area contributed by atoms with E-state index in [2.05, 4.69) is 26.9 Å². The minimum absolute atomic E-state index is 0.00140. The molecule has 1 aromatic heterocycles. The fraction of sp³-hybridized carbons (Fsp3) is 0.375. The van der Waals surface area contributed by atoms with E-state index in [0.29, 0.717) is 30.3 Å². The molecule has 9 heteroatoms. The third-order valence-electron chi connectivity index (χ3n) is 6.08. The molecular weight excluding hydrogens is 456 g/mol. The Morgan fingerprint density at radius 1 is 1.12 bits per heavy atom.